The van der Waals surface area contributed by atoms with Gasteiger partial charge in [0.2, 0.25) is 11.8 Å². The third-order valence-corrected chi connectivity index (χ3v) is 7.16. The van der Waals surface area contributed by atoms with Crippen molar-refractivity contribution >= 4 is 45.6 Å². The topological polar surface area (TPSA) is 65.5 Å². The number of thiazole rings is 1. The Morgan fingerprint density at radius 1 is 1.23 bits per heavy atom. The highest BCUT2D eigenvalue weighted by Crippen LogP contribution is 2.35. The third kappa shape index (κ3) is 4.62. The lowest BCUT2D eigenvalue weighted by atomic mass is 9.90. The van der Waals surface area contributed by atoms with E-state index in [0.29, 0.717) is 5.02 Å². The number of nitrogens with zero attached hydrogens (tertiary/aromatic N) is 3. The van der Waals surface area contributed by atoms with E-state index in [1.807, 2.05) is 30.9 Å². The number of amides is 2. The fourth-order valence-corrected chi connectivity index (χ4v) is 5.44. The Labute approximate surface area is 186 Å². The molecule has 0 saturated carbocycles. The van der Waals surface area contributed by atoms with Gasteiger partial charge in [-0.15, -0.1) is 11.3 Å². The molecule has 0 radical (unpaired) electrons. The summed E-state index contributed by atoms with van der Waals surface area (Å²) >= 11 is 7.71. The highest BCUT2D eigenvalue weighted by atomic mass is 35.5. The van der Waals surface area contributed by atoms with Crippen LogP contribution in [0.25, 0.3) is 0 Å². The Hall–Kier alpha value is -2.12. The molecule has 6 nitrogen and oxygen atoms in total. The van der Waals surface area contributed by atoms with Crippen molar-refractivity contribution in [2.45, 2.75) is 33.1 Å². The first kappa shape index (κ1) is 21.1. The summed E-state index contributed by atoms with van der Waals surface area (Å²) in [7, 11) is 0. The predicted octanol–water partition coefficient (Wildman–Crippen LogP) is 3.84. The molecule has 1 aliphatic carbocycles. The first-order valence-corrected chi connectivity index (χ1v) is 11.7. The zero-order chi connectivity index (χ0) is 21.3. The van der Waals surface area contributed by atoms with Gasteiger partial charge in [0.05, 0.1) is 5.69 Å². The molecule has 1 aliphatic heterocycles. The molecule has 1 N–H and O–H groups in total. The van der Waals surface area contributed by atoms with Gasteiger partial charge in [0.15, 0.2) is 5.13 Å². The summed E-state index contributed by atoms with van der Waals surface area (Å²) in [4.78, 5) is 35.2. The van der Waals surface area contributed by atoms with E-state index >= 15 is 0 Å². The Bertz CT molecular complexity index is 937. The molecule has 1 fully saturated rings. The largest absolute Gasteiger partial charge is 0.345 e. The number of aryl methyl sites for hydroxylation is 1. The number of hydrogen-bond acceptors (Lipinski definition) is 5. The lowest BCUT2D eigenvalue weighted by Crippen LogP contribution is -2.49. The van der Waals surface area contributed by atoms with Crippen LogP contribution in [0, 0.1) is 11.8 Å². The molecule has 8 heteroatoms. The lowest BCUT2D eigenvalue weighted by molar-refractivity contribution is -0.134. The average Bonchev–Trinajstić information content (AvgIpc) is 3.16. The fourth-order valence-electron chi connectivity index (χ4n) is 4.01. The lowest BCUT2D eigenvalue weighted by Gasteiger charge is -2.35. The van der Waals surface area contributed by atoms with Crippen molar-refractivity contribution in [3.05, 3.63) is 39.9 Å². The van der Waals surface area contributed by atoms with Gasteiger partial charge in [0, 0.05) is 53.6 Å². The van der Waals surface area contributed by atoms with Gasteiger partial charge < -0.3 is 15.1 Å². The first-order chi connectivity index (χ1) is 14.4. The van der Waals surface area contributed by atoms with Gasteiger partial charge in [0.25, 0.3) is 0 Å². The van der Waals surface area contributed by atoms with Gasteiger partial charge in [-0.25, -0.2) is 4.98 Å². The molecule has 160 valence electrons. The number of piperazine rings is 1. The Balaban J connectivity index is 1.37. The van der Waals surface area contributed by atoms with Crippen LogP contribution in [-0.4, -0.2) is 47.9 Å². The molecule has 0 unspecified atom stereocenters. The number of benzene rings is 1. The van der Waals surface area contributed by atoms with Crippen LogP contribution in [0.15, 0.2) is 24.3 Å². The monoisotopic (exact) mass is 446 g/mol. The first-order valence-electron chi connectivity index (χ1n) is 10.5. The molecule has 2 aliphatic rings. The maximum absolute atomic E-state index is 12.7. The van der Waals surface area contributed by atoms with E-state index in [-0.39, 0.29) is 23.7 Å². The minimum atomic E-state index is -0.0507. The van der Waals surface area contributed by atoms with Gasteiger partial charge in [-0.2, -0.15) is 0 Å². The van der Waals surface area contributed by atoms with Crippen LogP contribution in [0.2, 0.25) is 5.02 Å². The van der Waals surface area contributed by atoms with E-state index in [9.17, 15) is 9.59 Å². The SMILES string of the molecule is CC(C)C(=O)N1CCN(c2nc3c(s2)C[C@H](C(=O)Nc2cccc(Cl)c2)CC3)CC1. The van der Waals surface area contributed by atoms with E-state index in [2.05, 4.69) is 10.2 Å². The molecule has 0 spiro atoms. The van der Waals surface area contributed by atoms with Crippen LogP contribution in [0.3, 0.4) is 0 Å². The smallest absolute Gasteiger partial charge is 0.227 e. The van der Waals surface area contributed by atoms with Crippen molar-refractivity contribution in [2.24, 2.45) is 11.8 Å². The van der Waals surface area contributed by atoms with Crippen molar-refractivity contribution in [1.29, 1.82) is 0 Å². The van der Waals surface area contributed by atoms with Crippen molar-refractivity contribution in [3.63, 3.8) is 0 Å². The van der Waals surface area contributed by atoms with Crippen LogP contribution in [0.5, 0.6) is 0 Å². The Morgan fingerprint density at radius 2 is 2.00 bits per heavy atom. The number of fused-ring (bicyclic) bond motifs is 1. The van der Waals surface area contributed by atoms with Crippen molar-refractivity contribution in [3.8, 4) is 0 Å². The van der Waals surface area contributed by atoms with Crippen LogP contribution >= 0.6 is 22.9 Å². The van der Waals surface area contributed by atoms with Crippen LogP contribution in [-0.2, 0) is 22.4 Å². The molecular formula is C22H27ClN4O2S. The molecule has 1 atom stereocenters. The minimum absolute atomic E-state index is 0.0404. The molecule has 4 rings (SSSR count). The highest BCUT2D eigenvalue weighted by Gasteiger charge is 2.30. The maximum Gasteiger partial charge on any atom is 0.227 e. The Morgan fingerprint density at radius 3 is 2.70 bits per heavy atom. The normalized spacial score (nSPS) is 19.0. The predicted molar refractivity (Wildman–Crippen MR) is 121 cm³/mol. The maximum atomic E-state index is 12.7. The number of carbonyl (C=O) groups excluding carboxylic acids is 2. The van der Waals surface area contributed by atoms with Crippen LogP contribution in [0.1, 0.15) is 30.8 Å². The minimum Gasteiger partial charge on any atom is -0.345 e. The quantitative estimate of drug-likeness (QED) is 0.774. The molecule has 2 aromatic rings. The molecule has 0 bridgehead atoms. The summed E-state index contributed by atoms with van der Waals surface area (Å²) in [6.07, 6.45) is 2.36. The van der Waals surface area contributed by atoms with E-state index in [1.165, 1.54) is 4.88 Å². The van der Waals surface area contributed by atoms with E-state index in [1.54, 1.807) is 23.5 Å². The third-order valence-electron chi connectivity index (χ3n) is 5.75. The van der Waals surface area contributed by atoms with E-state index in [0.717, 1.165) is 62.0 Å². The molecule has 2 amide bonds. The van der Waals surface area contributed by atoms with Gasteiger partial charge in [0.1, 0.15) is 0 Å². The second kappa shape index (κ2) is 8.94. The standard InChI is InChI=1S/C22H27ClN4O2S/c1-14(2)21(29)26-8-10-27(11-9-26)22-25-18-7-6-15(12-19(18)30-22)20(28)24-17-5-3-4-16(23)13-17/h3-5,13-15H,6-12H2,1-2H3,(H,24,28)/t15-/m1/s1. The van der Waals surface area contributed by atoms with Gasteiger partial charge in [-0.3, -0.25) is 9.59 Å². The van der Waals surface area contributed by atoms with E-state index < -0.39 is 0 Å². The second-order valence-corrected chi connectivity index (χ2v) is 9.77. The highest BCUT2D eigenvalue weighted by molar-refractivity contribution is 7.15. The molecule has 1 saturated heterocycles. The summed E-state index contributed by atoms with van der Waals surface area (Å²) in [5.41, 5.74) is 1.86. The number of rotatable bonds is 4. The summed E-state index contributed by atoms with van der Waals surface area (Å²) in [5.74, 6) is 0.254. The molecular weight excluding hydrogens is 420 g/mol. The zero-order valence-corrected chi connectivity index (χ0v) is 18.9. The number of anilines is 2. The van der Waals surface area contributed by atoms with Gasteiger partial charge >= 0.3 is 0 Å². The molecule has 1 aromatic heterocycles. The molecule has 30 heavy (non-hydrogen) atoms. The van der Waals surface area contributed by atoms with Crippen LogP contribution in [0.4, 0.5) is 10.8 Å². The fraction of sp³-hybridized carbons (Fsp3) is 0.500. The molecule has 2 heterocycles. The summed E-state index contributed by atoms with van der Waals surface area (Å²) < 4.78 is 0. The number of carbonyl (C=O) groups is 2. The number of hydrogen-bond donors (Lipinski definition) is 1. The van der Waals surface area contributed by atoms with Crippen molar-refractivity contribution in [2.75, 3.05) is 36.4 Å². The Kier molecular flexibility index (Phi) is 6.29. The molecule has 1 aromatic carbocycles. The van der Waals surface area contributed by atoms with Crippen molar-refractivity contribution < 1.29 is 9.59 Å². The van der Waals surface area contributed by atoms with E-state index in [4.69, 9.17) is 16.6 Å². The van der Waals surface area contributed by atoms with Crippen molar-refractivity contribution in [1.82, 2.24) is 9.88 Å². The number of aromatic nitrogens is 1. The summed E-state index contributed by atoms with van der Waals surface area (Å²) in [6.45, 7) is 7.00. The number of halogens is 1. The second-order valence-electron chi connectivity index (χ2n) is 8.27. The summed E-state index contributed by atoms with van der Waals surface area (Å²) in [6, 6.07) is 7.25. The van der Waals surface area contributed by atoms with Gasteiger partial charge in [-0.1, -0.05) is 31.5 Å². The summed E-state index contributed by atoms with van der Waals surface area (Å²) in [5, 5.41) is 4.62. The number of nitrogens with one attached hydrogen (secondary N) is 1. The van der Waals surface area contributed by atoms with Crippen LogP contribution < -0.4 is 10.2 Å². The van der Waals surface area contributed by atoms with Gasteiger partial charge in [-0.05, 0) is 37.5 Å². The zero-order valence-electron chi connectivity index (χ0n) is 17.4. The average molecular weight is 447 g/mol.